The normalized spacial score (nSPS) is 10.9. The summed E-state index contributed by atoms with van der Waals surface area (Å²) < 4.78 is 5.19. The third-order valence-corrected chi connectivity index (χ3v) is 8.19. The van der Waals surface area contributed by atoms with E-state index in [1.165, 1.54) is 128 Å². The van der Waals surface area contributed by atoms with E-state index in [-0.39, 0.29) is 0 Å². The van der Waals surface area contributed by atoms with Crippen LogP contribution in [0.15, 0.2) is 0 Å². The van der Waals surface area contributed by atoms with Gasteiger partial charge in [0.1, 0.15) is 0 Å². The largest absolute Gasteiger partial charge is 0.423 e. The quantitative estimate of drug-likeness (QED) is 0.146. The summed E-state index contributed by atoms with van der Waals surface area (Å²) in [6, 6.07) is 2.54. The van der Waals surface area contributed by atoms with Gasteiger partial charge < -0.3 is 4.43 Å². The van der Waals surface area contributed by atoms with Crippen LogP contribution in [0.2, 0.25) is 12.1 Å². The Morgan fingerprint density at radius 1 is 0.407 bits per heavy atom. The molecule has 1 nitrogen and oxygen atoms in total. The minimum atomic E-state index is -0.671. The molecule has 0 fully saturated rings. The second kappa shape index (κ2) is 28.4. The lowest BCUT2D eigenvalue weighted by molar-refractivity contribution is 0.420. The highest BCUT2D eigenvalue weighted by Gasteiger charge is 2.00. The first kappa shape index (κ1) is 29.4. The van der Waals surface area contributed by atoms with E-state index in [4.69, 9.17) is 4.43 Å². The maximum Gasteiger partial charge on any atom is 0.175 e. The maximum atomic E-state index is 5.19. The van der Waals surface area contributed by atoms with Crippen molar-refractivity contribution in [2.45, 2.75) is 155 Å². The van der Waals surface area contributed by atoms with Gasteiger partial charge in [0.15, 0.2) is 9.04 Å². The first-order valence-corrected chi connectivity index (χ1v) is 14.9. The van der Waals surface area contributed by atoms with E-state index in [0.717, 1.165) is 0 Å². The van der Waals surface area contributed by atoms with Crippen LogP contribution in [-0.4, -0.2) is 16.2 Å². The molecule has 0 N–H and O–H groups in total. The van der Waals surface area contributed by atoms with E-state index < -0.39 is 9.04 Å². The molecule has 0 aromatic heterocycles. The van der Waals surface area contributed by atoms with Crippen molar-refractivity contribution in [1.29, 1.82) is 0 Å². The van der Waals surface area contributed by atoms with Crippen LogP contribution >= 0.6 is 0 Å². The fourth-order valence-corrected chi connectivity index (χ4v) is 4.84. The van der Waals surface area contributed by atoms with Crippen molar-refractivity contribution in [1.82, 2.24) is 0 Å². The zero-order chi connectivity index (χ0) is 20.4. The van der Waals surface area contributed by atoms with Crippen LogP contribution in [0, 0.1) is 0 Å². The molecule has 0 atom stereocenters. The minimum Gasteiger partial charge on any atom is -0.423 e. The summed E-state index contributed by atoms with van der Waals surface area (Å²) >= 11 is 0. The molecule has 27 heavy (non-hydrogen) atoms. The van der Waals surface area contributed by atoms with Gasteiger partial charge in [-0.15, -0.1) is 0 Å². The predicted molar refractivity (Wildman–Crippen MR) is 130 cm³/mol. The van der Waals surface area contributed by atoms with Gasteiger partial charge in [0, 0.05) is 7.11 Å². The van der Waals surface area contributed by atoms with Crippen molar-refractivity contribution in [3.05, 3.63) is 0 Å². The van der Waals surface area contributed by atoms with Crippen molar-refractivity contribution in [3.63, 3.8) is 0 Å². The highest BCUT2D eigenvalue weighted by Crippen LogP contribution is 2.14. The average molecular weight is 401 g/mol. The van der Waals surface area contributed by atoms with Crippen LogP contribution < -0.4 is 0 Å². The molecule has 0 rings (SSSR count). The van der Waals surface area contributed by atoms with E-state index in [2.05, 4.69) is 27.7 Å². The standard InChI is InChI=1S/C20H42.C5H14OSi/c1-3-5-7-9-11-13-15-17-19-20-18-16-14-12-10-8-6-4-2;1-4-7(5-2)6-3/h3-20H2,1-2H3;7H,4-5H2,1-3H3. The summed E-state index contributed by atoms with van der Waals surface area (Å²) in [6.45, 7) is 8.99. The molecular weight excluding hydrogens is 344 g/mol. The van der Waals surface area contributed by atoms with Crippen LogP contribution in [0.25, 0.3) is 0 Å². The summed E-state index contributed by atoms with van der Waals surface area (Å²) in [5.74, 6) is 0. The van der Waals surface area contributed by atoms with E-state index in [1.54, 1.807) is 0 Å². The molecule has 0 amide bonds. The molecule has 0 heterocycles. The molecule has 0 aromatic rings. The van der Waals surface area contributed by atoms with Gasteiger partial charge >= 0.3 is 0 Å². The molecule has 0 aromatic carbocycles. The zero-order valence-electron chi connectivity index (χ0n) is 20.1. The smallest absolute Gasteiger partial charge is 0.175 e. The highest BCUT2D eigenvalue weighted by molar-refractivity contribution is 6.51. The van der Waals surface area contributed by atoms with Crippen molar-refractivity contribution < 1.29 is 4.43 Å². The Hall–Kier alpha value is 0.177. The summed E-state index contributed by atoms with van der Waals surface area (Å²) in [6.07, 6.45) is 26.4. The number of rotatable bonds is 20. The van der Waals surface area contributed by atoms with Crippen molar-refractivity contribution in [3.8, 4) is 0 Å². The molecule has 166 valence electrons. The van der Waals surface area contributed by atoms with Gasteiger partial charge in [0.05, 0.1) is 0 Å². The first-order valence-electron chi connectivity index (χ1n) is 12.8. The third kappa shape index (κ3) is 28.5. The van der Waals surface area contributed by atoms with Gasteiger partial charge in [-0.25, -0.2) is 0 Å². The number of hydrogen-bond donors (Lipinski definition) is 0. The van der Waals surface area contributed by atoms with Gasteiger partial charge in [-0.05, 0) is 12.1 Å². The van der Waals surface area contributed by atoms with E-state index in [9.17, 15) is 0 Å². The van der Waals surface area contributed by atoms with Crippen LogP contribution in [0.1, 0.15) is 143 Å². The van der Waals surface area contributed by atoms with Gasteiger partial charge in [0.2, 0.25) is 0 Å². The topological polar surface area (TPSA) is 9.23 Å². The Kier molecular flexibility index (Phi) is 30.9. The van der Waals surface area contributed by atoms with Crippen LogP contribution in [0.5, 0.6) is 0 Å². The molecular formula is C25H56OSi. The second-order valence-electron chi connectivity index (χ2n) is 8.33. The van der Waals surface area contributed by atoms with Gasteiger partial charge in [-0.1, -0.05) is 143 Å². The molecule has 0 spiro atoms. The number of hydrogen-bond acceptors (Lipinski definition) is 1. The Bertz CT molecular complexity index is 205. The molecule has 0 unspecified atom stereocenters. The van der Waals surface area contributed by atoms with Crippen molar-refractivity contribution in [2.75, 3.05) is 7.11 Å². The lowest BCUT2D eigenvalue weighted by Gasteiger charge is -2.04. The summed E-state index contributed by atoms with van der Waals surface area (Å²) in [4.78, 5) is 0. The fraction of sp³-hybridized carbons (Fsp3) is 1.00. The Morgan fingerprint density at radius 3 is 0.741 bits per heavy atom. The zero-order valence-corrected chi connectivity index (χ0v) is 21.3. The Balaban J connectivity index is 0. The van der Waals surface area contributed by atoms with Gasteiger partial charge in [-0.2, -0.15) is 0 Å². The van der Waals surface area contributed by atoms with Gasteiger partial charge in [0.25, 0.3) is 0 Å². The molecule has 0 aliphatic heterocycles. The fourth-order valence-electron chi connectivity index (χ4n) is 3.60. The average Bonchev–Trinajstić information content (AvgIpc) is 2.69. The monoisotopic (exact) mass is 400 g/mol. The highest BCUT2D eigenvalue weighted by atomic mass is 28.3. The van der Waals surface area contributed by atoms with E-state index >= 15 is 0 Å². The maximum absolute atomic E-state index is 5.19. The number of unbranched alkanes of at least 4 members (excludes halogenated alkanes) is 17. The molecule has 0 radical (unpaired) electrons. The summed E-state index contributed by atoms with van der Waals surface area (Å²) in [5.41, 5.74) is 0. The molecule has 0 bridgehead atoms. The molecule has 2 heteroatoms. The van der Waals surface area contributed by atoms with Gasteiger partial charge in [-0.3, -0.25) is 0 Å². The summed E-state index contributed by atoms with van der Waals surface area (Å²) in [7, 11) is 1.15. The Morgan fingerprint density at radius 2 is 0.630 bits per heavy atom. The second-order valence-corrected chi connectivity index (χ2v) is 11.7. The van der Waals surface area contributed by atoms with Crippen LogP contribution in [-0.2, 0) is 4.43 Å². The first-order chi connectivity index (χ1) is 13.3. The molecule has 0 aliphatic rings. The minimum absolute atomic E-state index is 0.671. The lowest BCUT2D eigenvalue weighted by Crippen LogP contribution is -2.11. The third-order valence-electron chi connectivity index (χ3n) is 5.70. The SMILES string of the molecule is CCCCCCCCCCCCCCCCCCCC.CC[SiH](CC)OC. The van der Waals surface area contributed by atoms with E-state index in [1.807, 2.05) is 7.11 Å². The Labute approximate surface area is 176 Å². The van der Waals surface area contributed by atoms with Crippen molar-refractivity contribution >= 4 is 9.04 Å². The molecule has 0 aliphatic carbocycles. The molecule has 0 saturated carbocycles. The summed E-state index contributed by atoms with van der Waals surface area (Å²) in [5, 5.41) is 0. The molecule has 0 saturated heterocycles. The van der Waals surface area contributed by atoms with Crippen molar-refractivity contribution in [2.24, 2.45) is 0 Å². The van der Waals surface area contributed by atoms with E-state index in [0.29, 0.717) is 0 Å². The predicted octanol–water partition coefficient (Wildman–Crippen LogP) is 9.44. The van der Waals surface area contributed by atoms with Crippen LogP contribution in [0.3, 0.4) is 0 Å². The van der Waals surface area contributed by atoms with Crippen LogP contribution in [0.4, 0.5) is 0 Å². The lowest BCUT2D eigenvalue weighted by atomic mass is 10.0.